The molecule has 0 saturated heterocycles. The monoisotopic (exact) mass is 1380 g/mol. The van der Waals surface area contributed by atoms with Crippen LogP contribution in [0, 0.1) is 17.5 Å². The first-order valence-corrected chi connectivity index (χ1v) is 30.1. The van der Waals surface area contributed by atoms with Gasteiger partial charge in [0.2, 0.25) is 11.8 Å². The van der Waals surface area contributed by atoms with Crippen LogP contribution in [0.2, 0.25) is 0 Å². The number of fused-ring (bicyclic) bond motifs is 2. The molecule has 0 bridgehead atoms. The van der Waals surface area contributed by atoms with Crippen LogP contribution < -0.4 is 11.1 Å². The topological polar surface area (TPSA) is 117 Å². The van der Waals surface area contributed by atoms with Gasteiger partial charge in [0, 0.05) is 96.5 Å². The molecule has 2 heterocycles. The van der Waals surface area contributed by atoms with Crippen LogP contribution in [0.5, 0.6) is 0 Å². The molecule has 0 spiro atoms. The third kappa shape index (κ3) is 19.2. The van der Waals surface area contributed by atoms with Crippen molar-refractivity contribution in [2.24, 2.45) is 5.89 Å². The van der Waals surface area contributed by atoms with E-state index in [1.807, 2.05) is 0 Å². The fraction of sp³-hybridized carbons (Fsp3) is 0.370. The second-order valence-electron chi connectivity index (χ2n) is 20.3. The first-order valence-electron chi connectivity index (χ1n) is 45.0. The van der Waals surface area contributed by atoms with E-state index in [2.05, 4.69) is 9.97 Å². The van der Waals surface area contributed by atoms with E-state index in [1.165, 1.54) is 24.3 Å². The zero-order valence-corrected chi connectivity index (χ0v) is 52.5. The van der Waals surface area contributed by atoms with Crippen LogP contribution in [0.25, 0.3) is 22.3 Å². The van der Waals surface area contributed by atoms with Gasteiger partial charge in [0.1, 0.15) is 24.6 Å². The minimum atomic E-state index is -5.41. The molecular weight excluding hydrogens is 1270 g/mol. The number of benzene rings is 6. The average molecular weight is 1380 g/mol. The minimum Gasteiger partial charge on any atom is -0.336 e. The number of rotatable bonds is 26. The smallest absolute Gasteiger partial charge is 0.336 e. The fourth-order valence-corrected chi connectivity index (χ4v) is 10.6. The maximum absolute atomic E-state index is 15.1. The molecule has 12 nitrogen and oxygen atoms in total. The standard InChI is InChI=1S/C37H40F4N4O2S.C36H38F4N4O2S/c1-4-43(5-2)18-19-44(22-26-6-10-28(11-7-26)29-12-14-30(15-13-29)37(39,40)41)34(46)23-45-33-21-25(3)20-32(33)35(47)42-36(45)48-24-27-8-16-31(38)17-9-27;1-3-42(4-2)20-21-43(22-25-8-12-27(13-9-25)28-14-16-29(17-15-28)36(38,39)40)33(45)23-44-32-7-5-6-31(32)34(46)41-35(44)47-24-26-10-18-30(37)19-11-26/h6-17,25H,4-5,18-24H2,1-3H3;8-19H,3-7,20-24H2,1-2H3/i4D2,5D2,6D,7D,10D,11D,12D,13D,14D,15D,20D2,21D2,23D2,24D2,25D;3D2,4D2,10D,11D,18D,19D,23D2,24D2. The maximum atomic E-state index is 15.1. The van der Waals surface area contributed by atoms with Gasteiger partial charge in [0.15, 0.2) is 10.3 Å². The molecule has 95 heavy (non-hydrogen) atoms. The lowest BCUT2D eigenvalue weighted by molar-refractivity contribution is -0.138. The third-order valence-corrected chi connectivity index (χ3v) is 15.6. The molecule has 2 aromatic heterocycles. The molecule has 1 unspecified atom stereocenters. The second-order valence-corrected chi connectivity index (χ2v) is 21.8. The van der Waals surface area contributed by atoms with E-state index >= 15 is 4.79 Å². The van der Waals surface area contributed by atoms with Gasteiger partial charge in [-0.25, -0.2) is 8.78 Å². The van der Waals surface area contributed by atoms with Gasteiger partial charge in [-0.3, -0.25) is 19.2 Å². The van der Waals surface area contributed by atoms with E-state index in [0.717, 1.165) is 85.4 Å². The molecule has 22 heteroatoms. The number of carbonyl (C=O) groups is 2. The lowest BCUT2D eigenvalue weighted by atomic mass is 10.0. The molecule has 502 valence electrons. The molecule has 8 aromatic rings. The first-order chi connectivity index (χ1) is 58.1. The van der Waals surface area contributed by atoms with Crippen LogP contribution in [0.3, 0.4) is 0 Å². The van der Waals surface area contributed by atoms with E-state index in [4.69, 9.17) is 39.8 Å². The van der Waals surface area contributed by atoms with Crippen LogP contribution >= 0.6 is 23.5 Å². The Kier molecular flexibility index (Phi) is 13.5. The molecule has 2 aliphatic carbocycles. The van der Waals surface area contributed by atoms with Crippen molar-refractivity contribution < 1.29 is 89.9 Å². The Morgan fingerprint density at radius 1 is 0.537 bits per heavy atom. The van der Waals surface area contributed by atoms with Crippen LogP contribution in [-0.2, 0) is 85.0 Å². The molecule has 2 amide bonds. The predicted octanol–water partition coefficient (Wildman–Crippen LogP) is 14.7. The van der Waals surface area contributed by atoms with Gasteiger partial charge in [-0.15, -0.1) is 0 Å². The second kappa shape index (κ2) is 32.7. The van der Waals surface area contributed by atoms with E-state index in [-0.39, 0.29) is 64.3 Å². The number of carbonyl (C=O) groups excluding carboxylic acids is 2. The summed E-state index contributed by atoms with van der Waals surface area (Å²) in [6.45, 7) is -16.5. The lowest BCUT2D eigenvalue weighted by Gasteiger charge is -2.28. The summed E-state index contributed by atoms with van der Waals surface area (Å²) in [5, 5.41) is -1.86. The summed E-state index contributed by atoms with van der Waals surface area (Å²) >= 11 is -0.103. The number of nitrogens with zero attached hydrogens (tertiary/aromatic N) is 8. The number of likely N-dealkylation sites (N-methyl/N-ethyl adjacent to an activating group) is 2. The van der Waals surface area contributed by atoms with Crippen molar-refractivity contribution in [3.63, 3.8) is 0 Å². The highest BCUT2D eigenvalue weighted by atomic mass is 32.2. The molecule has 2 aliphatic rings. The Morgan fingerprint density at radius 3 is 1.51 bits per heavy atom. The molecule has 0 fully saturated rings. The average Bonchev–Trinajstić information content (AvgIpc) is 1.51. The summed E-state index contributed by atoms with van der Waals surface area (Å²) in [7, 11) is 0. The summed E-state index contributed by atoms with van der Waals surface area (Å²) in [5.41, 5.74) is -16.6. The number of thioether (sulfide) groups is 2. The van der Waals surface area contributed by atoms with E-state index in [9.17, 15) is 55.0 Å². The van der Waals surface area contributed by atoms with Crippen molar-refractivity contribution in [2.45, 2.75) is 127 Å². The lowest BCUT2D eigenvalue weighted by Crippen LogP contribution is -2.40. The Morgan fingerprint density at radius 2 is 0.989 bits per heavy atom. The zero-order chi connectivity index (χ0) is 97.3. The number of hydrogen-bond acceptors (Lipinski definition) is 10. The third-order valence-electron chi connectivity index (χ3n) is 14.0. The van der Waals surface area contributed by atoms with Crippen LogP contribution in [-0.4, -0.2) is 103 Å². The van der Waals surface area contributed by atoms with Gasteiger partial charge in [0.05, 0.1) is 33.1 Å². The van der Waals surface area contributed by atoms with Crippen LogP contribution in [0.4, 0.5) is 35.1 Å². The van der Waals surface area contributed by atoms with Crippen molar-refractivity contribution >= 4 is 35.3 Å². The van der Waals surface area contributed by atoms with Gasteiger partial charge in [0.25, 0.3) is 11.1 Å². The molecule has 0 radical (unpaired) electrons. The Labute approximate surface area is 603 Å². The zero-order valence-electron chi connectivity index (χ0n) is 83.8. The van der Waals surface area contributed by atoms with Crippen LogP contribution in [0.1, 0.15) is 142 Å². The first kappa shape index (κ1) is 39.3. The number of hydrogen-bond donors (Lipinski definition) is 0. The molecule has 0 aliphatic heterocycles. The summed E-state index contributed by atoms with van der Waals surface area (Å²) in [4.78, 5) is 67.0. The number of alkyl halides is 6. The van der Waals surface area contributed by atoms with Gasteiger partial charge < -0.3 is 28.7 Å². The minimum absolute atomic E-state index is 0.00225. The molecular formula is C73H78F8N8O4S2. The summed E-state index contributed by atoms with van der Waals surface area (Å²) in [6, 6.07) is -1.05. The summed E-state index contributed by atoms with van der Waals surface area (Å²) < 4.78 is 393. The Balaban J connectivity index is 0.000000292. The predicted molar refractivity (Wildman–Crippen MR) is 358 cm³/mol. The molecule has 1 atom stereocenters. The summed E-state index contributed by atoms with van der Waals surface area (Å²) in [6.07, 6.45) is -16.2. The Bertz CT molecular complexity index is 5680. The molecule has 10 rings (SSSR count). The van der Waals surface area contributed by atoms with Crippen LogP contribution in [0.15, 0.2) is 165 Å². The quantitative estimate of drug-likeness (QED) is 0.0295. The fourth-order valence-electron chi connectivity index (χ4n) is 9.21. The highest BCUT2D eigenvalue weighted by molar-refractivity contribution is 7.98. The Hall–Kier alpha value is -7.92. The van der Waals surface area contributed by atoms with E-state index in [1.54, 1.807) is 12.1 Å². The van der Waals surface area contributed by atoms with Gasteiger partial charge >= 0.3 is 12.4 Å². The summed E-state index contributed by atoms with van der Waals surface area (Å²) in [5.74, 6) is -8.57. The number of aromatic nitrogens is 4. The van der Waals surface area contributed by atoms with E-state index < -0.39 is 276 Å². The molecule has 0 saturated carbocycles. The normalized spacial score (nSPS) is 21.7. The van der Waals surface area contributed by atoms with Gasteiger partial charge in [-0.1, -0.05) is 155 Å². The molecule has 6 aromatic carbocycles. The molecule has 0 N–H and O–H groups in total. The van der Waals surface area contributed by atoms with Crippen molar-refractivity contribution in [1.82, 2.24) is 38.7 Å². The SMILES string of the molecule is [2H]c1c([2H])c(-c2c([2H])c([2H])c(C(F)(F)F)c([2H])c2[2H])c([2H])c([2H])c1CN(CCN(C([2H])([2H])C)C([2H])([2H])C)C(=O)C([2H])([2H])n1c(SC([2H])([2H])c2ccc(F)cc2)nc(=O)c2c1C([2H])([2H])C([2H])(C)C2([2H])[2H].[2H]c1c([2H])c(C([2H])([2H])Sc2nc(=O)c3c(n2C([2H])([2H])C(=O)N(CCN(C([2H])([2H])C)C([2H])([2H])C)Cc2ccc(-c4ccc(C(F)(F)F)cc4)cc2)CCC3)c([2H])c([2H])c1F. The van der Waals surface area contributed by atoms with Crippen molar-refractivity contribution in [3.05, 3.63) is 234 Å². The van der Waals surface area contributed by atoms with Crippen molar-refractivity contribution in [2.75, 3.05) is 52.2 Å². The van der Waals surface area contributed by atoms with Crippen molar-refractivity contribution in [1.29, 1.82) is 0 Å². The number of amides is 2. The van der Waals surface area contributed by atoms with Gasteiger partial charge in [-0.05, 0) is 157 Å². The van der Waals surface area contributed by atoms with Crippen molar-refractivity contribution in [3.8, 4) is 22.3 Å². The highest BCUT2D eigenvalue weighted by Crippen LogP contribution is 2.35. The maximum Gasteiger partial charge on any atom is 0.416 e. The van der Waals surface area contributed by atoms with E-state index in [0.29, 0.717) is 32.9 Å². The number of halogens is 8. The largest absolute Gasteiger partial charge is 0.416 e. The highest BCUT2D eigenvalue weighted by Gasteiger charge is 2.33. The van der Waals surface area contributed by atoms with Gasteiger partial charge in [-0.2, -0.15) is 36.3 Å².